The Kier molecular flexibility index (Phi) is 5.82. The maximum absolute atomic E-state index is 12.6. The van der Waals surface area contributed by atoms with Gasteiger partial charge in [0, 0.05) is 5.02 Å². The molecule has 0 aliphatic heterocycles. The summed E-state index contributed by atoms with van der Waals surface area (Å²) >= 11 is 7.42. The lowest BCUT2D eigenvalue weighted by atomic mass is 10.1. The highest BCUT2D eigenvalue weighted by Gasteiger charge is 2.14. The van der Waals surface area contributed by atoms with Gasteiger partial charge in [0.1, 0.15) is 19.0 Å². The number of thioether (sulfide) groups is 1. The highest BCUT2D eigenvalue weighted by molar-refractivity contribution is 7.99. The molecule has 0 bridgehead atoms. The van der Waals surface area contributed by atoms with E-state index in [1.807, 2.05) is 30.5 Å². The molecule has 0 unspecified atom stereocenters. The van der Waals surface area contributed by atoms with Crippen LogP contribution in [0, 0.1) is 13.8 Å². The van der Waals surface area contributed by atoms with Gasteiger partial charge in [0.05, 0.1) is 22.8 Å². The van der Waals surface area contributed by atoms with Gasteiger partial charge in [-0.15, -0.1) is 10.2 Å². The Labute approximate surface area is 182 Å². The van der Waals surface area contributed by atoms with Gasteiger partial charge in [0.2, 0.25) is 5.91 Å². The van der Waals surface area contributed by atoms with E-state index in [-0.39, 0.29) is 11.7 Å². The third-order valence-corrected chi connectivity index (χ3v) is 5.54. The van der Waals surface area contributed by atoms with E-state index in [9.17, 15) is 4.79 Å². The molecule has 0 saturated heterocycles. The second-order valence-electron chi connectivity index (χ2n) is 6.61. The van der Waals surface area contributed by atoms with Crippen molar-refractivity contribution >= 4 is 35.0 Å². The number of nitrogens with one attached hydrogen (secondary N) is 1. The predicted molar refractivity (Wildman–Crippen MR) is 117 cm³/mol. The van der Waals surface area contributed by atoms with Crippen molar-refractivity contribution in [3.63, 3.8) is 0 Å². The molecule has 2 aromatic carbocycles. The van der Waals surface area contributed by atoms with Crippen molar-refractivity contribution in [2.75, 3.05) is 11.1 Å². The Bertz CT molecular complexity index is 1190. The Morgan fingerprint density at radius 3 is 2.73 bits per heavy atom. The van der Waals surface area contributed by atoms with Gasteiger partial charge in [-0.05, 0) is 43.7 Å². The van der Waals surface area contributed by atoms with E-state index < -0.39 is 0 Å². The van der Waals surface area contributed by atoms with Crippen LogP contribution in [0.25, 0.3) is 11.4 Å². The molecular weight excluding hydrogens is 422 g/mol. The molecule has 0 fully saturated rings. The molecule has 2 aromatic heterocycles. The minimum absolute atomic E-state index is 0.160. The van der Waals surface area contributed by atoms with Crippen LogP contribution in [-0.2, 0) is 4.79 Å². The van der Waals surface area contributed by atoms with Crippen molar-refractivity contribution in [1.82, 2.24) is 29.5 Å². The fourth-order valence-electron chi connectivity index (χ4n) is 3.02. The number of nitrogens with zero attached hydrogens (tertiary/aromatic N) is 6. The Morgan fingerprint density at radius 2 is 1.97 bits per heavy atom. The summed E-state index contributed by atoms with van der Waals surface area (Å²) in [4.78, 5) is 16.6. The number of hydrogen-bond donors (Lipinski definition) is 1. The van der Waals surface area contributed by atoms with Crippen LogP contribution in [0.5, 0.6) is 0 Å². The third-order valence-electron chi connectivity index (χ3n) is 4.36. The highest BCUT2D eigenvalue weighted by Crippen LogP contribution is 2.26. The molecule has 0 spiro atoms. The summed E-state index contributed by atoms with van der Waals surface area (Å²) in [5, 5.41) is 16.3. The largest absolute Gasteiger partial charge is 0.323 e. The summed E-state index contributed by atoms with van der Waals surface area (Å²) in [7, 11) is 0. The van der Waals surface area contributed by atoms with E-state index in [1.165, 1.54) is 23.7 Å². The van der Waals surface area contributed by atoms with Crippen molar-refractivity contribution in [2.24, 2.45) is 0 Å². The summed E-state index contributed by atoms with van der Waals surface area (Å²) in [6, 6.07) is 11.3. The Balaban J connectivity index is 1.49. The minimum atomic E-state index is -0.196. The molecule has 0 atom stereocenters. The van der Waals surface area contributed by atoms with Gasteiger partial charge < -0.3 is 5.32 Å². The molecule has 10 heteroatoms. The lowest BCUT2D eigenvalue weighted by molar-refractivity contribution is -0.113. The normalized spacial score (nSPS) is 10.9. The summed E-state index contributed by atoms with van der Waals surface area (Å²) in [5.41, 5.74) is 4.50. The van der Waals surface area contributed by atoms with Gasteiger partial charge in [0.25, 0.3) is 0 Å². The maximum atomic E-state index is 12.6. The quantitative estimate of drug-likeness (QED) is 0.459. The summed E-state index contributed by atoms with van der Waals surface area (Å²) in [6.07, 6.45) is 4.63. The number of benzene rings is 2. The zero-order valence-electron chi connectivity index (χ0n) is 16.3. The van der Waals surface area contributed by atoms with Crippen molar-refractivity contribution in [2.45, 2.75) is 19.0 Å². The number of amides is 1. The molecule has 0 saturated carbocycles. The maximum Gasteiger partial charge on any atom is 0.234 e. The number of aromatic nitrogens is 6. The molecule has 2 heterocycles. The van der Waals surface area contributed by atoms with E-state index >= 15 is 0 Å². The minimum Gasteiger partial charge on any atom is -0.323 e. The van der Waals surface area contributed by atoms with Crippen LogP contribution in [0.1, 0.15) is 11.1 Å². The van der Waals surface area contributed by atoms with Crippen molar-refractivity contribution in [1.29, 1.82) is 0 Å². The molecule has 8 nitrogen and oxygen atoms in total. The topological polar surface area (TPSA) is 90.5 Å². The van der Waals surface area contributed by atoms with Crippen LogP contribution < -0.4 is 5.32 Å². The first-order chi connectivity index (χ1) is 14.5. The summed E-state index contributed by atoms with van der Waals surface area (Å²) in [5.74, 6) is -0.0359. The van der Waals surface area contributed by atoms with Crippen LogP contribution in [0.3, 0.4) is 0 Å². The average Bonchev–Trinajstić information content (AvgIpc) is 3.39. The first-order valence-corrected chi connectivity index (χ1v) is 10.4. The molecule has 1 N–H and O–H groups in total. The predicted octanol–water partition coefficient (Wildman–Crippen LogP) is 3.85. The van der Waals surface area contributed by atoms with Gasteiger partial charge in [-0.25, -0.2) is 9.67 Å². The van der Waals surface area contributed by atoms with Crippen molar-refractivity contribution in [3.8, 4) is 11.4 Å². The summed E-state index contributed by atoms with van der Waals surface area (Å²) in [6.45, 7) is 4.08. The van der Waals surface area contributed by atoms with Crippen LogP contribution >= 0.6 is 23.4 Å². The zero-order valence-corrected chi connectivity index (χ0v) is 17.9. The second kappa shape index (κ2) is 8.68. The smallest absolute Gasteiger partial charge is 0.234 e. The molecule has 0 aliphatic rings. The van der Waals surface area contributed by atoms with Crippen molar-refractivity contribution in [3.05, 3.63) is 71.5 Å². The number of aryl methyl sites for hydroxylation is 2. The van der Waals surface area contributed by atoms with Gasteiger partial charge in [-0.2, -0.15) is 5.10 Å². The first kappa shape index (κ1) is 20.1. The molecule has 30 heavy (non-hydrogen) atoms. The molecule has 152 valence electrons. The number of hydrogen-bond acceptors (Lipinski definition) is 6. The number of anilines is 1. The van der Waals surface area contributed by atoms with Crippen LogP contribution in [-0.4, -0.2) is 41.2 Å². The van der Waals surface area contributed by atoms with Gasteiger partial charge in [0.15, 0.2) is 5.16 Å². The Morgan fingerprint density at radius 1 is 1.13 bits per heavy atom. The monoisotopic (exact) mass is 439 g/mol. The van der Waals surface area contributed by atoms with Crippen LogP contribution in [0.15, 0.2) is 60.5 Å². The lowest BCUT2D eigenvalue weighted by Gasteiger charge is -2.12. The molecule has 4 aromatic rings. The lowest BCUT2D eigenvalue weighted by Crippen LogP contribution is -2.16. The molecule has 0 radical (unpaired) electrons. The highest BCUT2D eigenvalue weighted by atomic mass is 35.5. The number of carbonyl (C=O) groups is 1. The van der Waals surface area contributed by atoms with Crippen LogP contribution in [0.4, 0.5) is 5.69 Å². The van der Waals surface area contributed by atoms with E-state index in [0.717, 1.165) is 11.3 Å². The zero-order chi connectivity index (χ0) is 21.1. The average molecular weight is 440 g/mol. The Hall–Kier alpha value is -3.17. The molecular formula is C20H18ClN7OS. The van der Waals surface area contributed by atoms with E-state index in [4.69, 9.17) is 11.6 Å². The van der Waals surface area contributed by atoms with E-state index in [0.29, 0.717) is 21.6 Å². The third kappa shape index (κ3) is 4.37. The van der Waals surface area contributed by atoms with E-state index in [1.54, 1.807) is 35.5 Å². The fourth-order valence-corrected chi connectivity index (χ4v) is 3.91. The first-order valence-electron chi connectivity index (χ1n) is 9.06. The molecule has 0 aliphatic carbocycles. The van der Waals surface area contributed by atoms with Crippen molar-refractivity contribution < 1.29 is 4.79 Å². The molecule has 4 rings (SSSR count). The number of rotatable bonds is 6. The van der Waals surface area contributed by atoms with Crippen LogP contribution in [0.2, 0.25) is 5.02 Å². The molecule has 1 amide bonds. The second-order valence-corrected chi connectivity index (χ2v) is 7.99. The summed E-state index contributed by atoms with van der Waals surface area (Å²) < 4.78 is 3.45. The number of halogens is 1. The van der Waals surface area contributed by atoms with Gasteiger partial charge in [-0.1, -0.05) is 41.1 Å². The standard InChI is InChI=1S/C20H18ClN7OS/c1-13-3-5-17(14(2)7-13)27-12-23-26-20(27)30-9-19(29)25-16-8-15(21)4-6-18(16)28-11-22-10-24-28/h3-8,10-12H,9H2,1-2H3,(H,25,29). The SMILES string of the molecule is Cc1ccc(-n2cnnc2SCC(=O)Nc2cc(Cl)ccc2-n2cncn2)c(C)c1. The van der Waals surface area contributed by atoms with Gasteiger partial charge >= 0.3 is 0 Å². The fraction of sp³-hybridized carbons (Fsp3) is 0.150. The van der Waals surface area contributed by atoms with Gasteiger partial charge in [-0.3, -0.25) is 9.36 Å². The van der Waals surface area contributed by atoms with E-state index in [2.05, 4.69) is 31.7 Å². The number of carbonyl (C=O) groups excluding carboxylic acids is 1.